The molecule has 0 fully saturated rings. The molecule has 0 spiro atoms. The summed E-state index contributed by atoms with van der Waals surface area (Å²) in [6.45, 7) is 2.44. The Bertz CT molecular complexity index is 796. The monoisotopic (exact) mass is 373 g/mol. The number of rotatable bonds is 5. The van der Waals surface area contributed by atoms with Crippen molar-refractivity contribution >= 4 is 21.8 Å². The summed E-state index contributed by atoms with van der Waals surface area (Å²) in [7, 11) is 0. The van der Waals surface area contributed by atoms with Crippen molar-refractivity contribution in [3.05, 3.63) is 76.4 Å². The Labute approximate surface area is 142 Å². The zero-order valence-corrected chi connectivity index (χ0v) is 14.2. The van der Waals surface area contributed by atoms with Gasteiger partial charge in [-0.3, -0.25) is 9.48 Å². The molecule has 1 aromatic carbocycles. The summed E-state index contributed by atoms with van der Waals surface area (Å²) in [5.74, 6) is 0.749. The van der Waals surface area contributed by atoms with Gasteiger partial charge >= 0.3 is 0 Å². The second kappa shape index (κ2) is 6.83. The molecule has 0 unspecified atom stereocenters. The molecule has 0 bridgehead atoms. The summed E-state index contributed by atoms with van der Waals surface area (Å²) >= 11 is 3.50. The van der Waals surface area contributed by atoms with Gasteiger partial charge in [-0.05, 0) is 36.8 Å². The average Bonchev–Trinajstić information content (AvgIpc) is 3.20. The largest absolute Gasteiger partial charge is 0.454 e. The van der Waals surface area contributed by atoms with Crippen molar-refractivity contribution in [3.63, 3.8) is 0 Å². The first-order chi connectivity index (χ1) is 11.1. The number of carbonyl (C=O) groups is 1. The molecular formula is C17H16BrN3O2. The first-order valence-corrected chi connectivity index (χ1v) is 8.04. The highest BCUT2D eigenvalue weighted by Gasteiger charge is 2.16. The fourth-order valence-electron chi connectivity index (χ4n) is 2.31. The molecule has 1 amide bonds. The highest BCUT2D eigenvalue weighted by atomic mass is 79.9. The molecule has 0 saturated carbocycles. The van der Waals surface area contributed by atoms with Gasteiger partial charge in [0.2, 0.25) is 0 Å². The number of amides is 1. The molecule has 3 aromatic rings. The van der Waals surface area contributed by atoms with Gasteiger partial charge in [-0.15, -0.1) is 0 Å². The van der Waals surface area contributed by atoms with Crippen LogP contribution in [0.5, 0.6) is 0 Å². The van der Waals surface area contributed by atoms with E-state index in [2.05, 4.69) is 26.3 Å². The normalized spacial score (nSPS) is 12.1. The van der Waals surface area contributed by atoms with E-state index >= 15 is 0 Å². The highest BCUT2D eigenvalue weighted by Crippen LogP contribution is 2.23. The number of hydrogen-bond acceptors (Lipinski definition) is 3. The Hall–Kier alpha value is -2.34. The van der Waals surface area contributed by atoms with E-state index in [1.807, 2.05) is 43.5 Å². The molecule has 1 atom stereocenters. The van der Waals surface area contributed by atoms with Crippen LogP contribution in [0.3, 0.4) is 0 Å². The molecular weight excluding hydrogens is 358 g/mol. The number of nitrogens with zero attached hydrogens (tertiary/aromatic N) is 2. The Morgan fingerprint density at radius 1 is 1.30 bits per heavy atom. The lowest BCUT2D eigenvalue weighted by Gasteiger charge is -2.14. The number of nitrogens with one attached hydrogen (secondary N) is 1. The predicted molar refractivity (Wildman–Crippen MR) is 90.1 cm³/mol. The maximum Gasteiger partial charge on any atom is 0.287 e. The standard InChI is InChI=1S/C17H16BrN3O2/c1-12(14-5-2-3-6-15(14)18)20-17(22)16-8-7-13(23-16)11-21-10-4-9-19-21/h2-10,12H,11H2,1H3,(H,20,22)/t12-/m1/s1. The molecule has 118 valence electrons. The lowest BCUT2D eigenvalue weighted by molar-refractivity contribution is 0.0909. The molecule has 0 aliphatic rings. The van der Waals surface area contributed by atoms with Gasteiger partial charge in [0.15, 0.2) is 5.76 Å². The van der Waals surface area contributed by atoms with Gasteiger partial charge in [-0.25, -0.2) is 0 Å². The van der Waals surface area contributed by atoms with Crippen LogP contribution >= 0.6 is 15.9 Å². The summed E-state index contributed by atoms with van der Waals surface area (Å²) in [4.78, 5) is 12.3. The molecule has 3 rings (SSSR count). The van der Waals surface area contributed by atoms with Gasteiger partial charge in [0, 0.05) is 16.9 Å². The van der Waals surface area contributed by atoms with Crippen LogP contribution in [-0.2, 0) is 6.54 Å². The van der Waals surface area contributed by atoms with Gasteiger partial charge in [-0.2, -0.15) is 5.10 Å². The van der Waals surface area contributed by atoms with Crippen molar-refractivity contribution in [2.75, 3.05) is 0 Å². The first kappa shape index (κ1) is 15.6. The third-order valence-electron chi connectivity index (χ3n) is 3.48. The number of benzene rings is 1. The molecule has 5 nitrogen and oxygen atoms in total. The third-order valence-corrected chi connectivity index (χ3v) is 4.20. The smallest absolute Gasteiger partial charge is 0.287 e. The van der Waals surface area contributed by atoms with Crippen molar-refractivity contribution in [3.8, 4) is 0 Å². The molecule has 6 heteroatoms. The summed E-state index contributed by atoms with van der Waals surface area (Å²) in [5, 5.41) is 7.05. The van der Waals surface area contributed by atoms with Crippen molar-refractivity contribution in [2.24, 2.45) is 0 Å². The Kier molecular flexibility index (Phi) is 4.62. The van der Waals surface area contributed by atoms with Crippen LogP contribution < -0.4 is 5.32 Å². The predicted octanol–water partition coefficient (Wildman–Crippen LogP) is 3.78. The quantitative estimate of drug-likeness (QED) is 0.740. The second-order valence-corrected chi connectivity index (χ2v) is 6.04. The zero-order chi connectivity index (χ0) is 16.2. The van der Waals surface area contributed by atoms with Gasteiger partial charge in [0.05, 0.1) is 12.6 Å². The third kappa shape index (κ3) is 3.71. The molecule has 0 aliphatic heterocycles. The summed E-state index contributed by atoms with van der Waals surface area (Å²) in [6, 6.07) is 13.0. The molecule has 0 radical (unpaired) electrons. The van der Waals surface area contributed by atoms with Crippen molar-refractivity contribution in [2.45, 2.75) is 19.5 Å². The van der Waals surface area contributed by atoms with Gasteiger partial charge < -0.3 is 9.73 Å². The molecule has 2 heterocycles. The minimum absolute atomic E-state index is 0.127. The maximum atomic E-state index is 12.3. The maximum absolute atomic E-state index is 12.3. The van der Waals surface area contributed by atoms with Crippen LogP contribution in [0.15, 0.2) is 63.7 Å². The molecule has 0 saturated heterocycles. The minimum Gasteiger partial charge on any atom is -0.454 e. The average molecular weight is 374 g/mol. The van der Waals surface area contributed by atoms with Crippen molar-refractivity contribution in [1.82, 2.24) is 15.1 Å². The van der Waals surface area contributed by atoms with E-state index in [1.54, 1.807) is 23.0 Å². The Morgan fingerprint density at radius 2 is 2.13 bits per heavy atom. The summed E-state index contributed by atoms with van der Waals surface area (Å²) in [5.41, 5.74) is 1.02. The second-order valence-electron chi connectivity index (χ2n) is 5.19. The fourth-order valence-corrected chi connectivity index (χ4v) is 2.94. The minimum atomic E-state index is -0.236. The van der Waals surface area contributed by atoms with Crippen LogP contribution in [0.25, 0.3) is 0 Å². The van der Waals surface area contributed by atoms with E-state index in [4.69, 9.17) is 4.42 Å². The SMILES string of the molecule is C[C@@H](NC(=O)c1ccc(Cn2cccn2)o1)c1ccccc1Br. The number of carbonyl (C=O) groups excluding carboxylic acids is 1. The van der Waals surface area contributed by atoms with E-state index in [0.29, 0.717) is 18.1 Å². The van der Waals surface area contributed by atoms with Crippen LogP contribution in [0, 0.1) is 0 Å². The lowest BCUT2D eigenvalue weighted by Crippen LogP contribution is -2.26. The fraction of sp³-hybridized carbons (Fsp3) is 0.176. The van der Waals surface area contributed by atoms with Crippen LogP contribution in [0.4, 0.5) is 0 Å². The Balaban J connectivity index is 1.66. The summed E-state index contributed by atoms with van der Waals surface area (Å²) in [6.07, 6.45) is 3.55. The summed E-state index contributed by atoms with van der Waals surface area (Å²) < 4.78 is 8.31. The van der Waals surface area contributed by atoms with Crippen LogP contribution in [0.1, 0.15) is 34.8 Å². The van der Waals surface area contributed by atoms with E-state index in [0.717, 1.165) is 10.0 Å². The van der Waals surface area contributed by atoms with Crippen molar-refractivity contribution < 1.29 is 9.21 Å². The topological polar surface area (TPSA) is 60.1 Å². The first-order valence-electron chi connectivity index (χ1n) is 7.25. The molecule has 23 heavy (non-hydrogen) atoms. The molecule has 2 aromatic heterocycles. The number of aromatic nitrogens is 2. The van der Waals surface area contributed by atoms with E-state index in [-0.39, 0.29) is 11.9 Å². The number of furan rings is 1. The lowest BCUT2D eigenvalue weighted by atomic mass is 10.1. The van der Waals surface area contributed by atoms with E-state index < -0.39 is 0 Å². The van der Waals surface area contributed by atoms with E-state index in [9.17, 15) is 4.79 Å². The number of halogens is 1. The van der Waals surface area contributed by atoms with Crippen LogP contribution in [0.2, 0.25) is 0 Å². The van der Waals surface area contributed by atoms with Gasteiger partial charge in [0.25, 0.3) is 5.91 Å². The van der Waals surface area contributed by atoms with Gasteiger partial charge in [-0.1, -0.05) is 34.1 Å². The number of hydrogen-bond donors (Lipinski definition) is 1. The molecule has 1 N–H and O–H groups in total. The Morgan fingerprint density at radius 3 is 2.87 bits per heavy atom. The van der Waals surface area contributed by atoms with E-state index in [1.165, 1.54) is 0 Å². The molecule has 0 aliphatic carbocycles. The van der Waals surface area contributed by atoms with Crippen LogP contribution in [-0.4, -0.2) is 15.7 Å². The van der Waals surface area contributed by atoms with Gasteiger partial charge in [0.1, 0.15) is 5.76 Å². The highest BCUT2D eigenvalue weighted by molar-refractivity contribution is 9.10. The van der Waals surface area contributed by atoms with Crippen molar-refractivity contribution in [1.29, 1.82) is 0 Å². The zero-order valence-electron chi connectivity index (χ0n) is 12.6.